The molecule has 170 valence electrons. The first-order chi connectivity index (χ1) is 15.7. The lowest BCUT2D eigenvalue weighted by Crippen LogP contribution is -2.14. The molecule has 1 aliphatic carbocycles. The smallest absolute Gasteiger partial charge is 0.228 e. The molecular weight excluding hydrogens is 442 g/mol. The summed E-state index contributed by atoms with van der Waals surface area (Å²) in [6, 6.07) is 6.84. The maximum absolute atomic E-state index is 12.7. The molecule has 0 saturated heterocycles. The highest BCUT2D eigenvalue weighted by molar-refractivity contribution is 7.90. The lowest BCUT2D eigenvalue weighted by molar-refractivity contribution is -0.117. The second-order valence-corrected chi connectivity index (χ2v) is 10.3. The highest BCUT2D eigenvalue weighted by atomic mass is 32.2. The minimum absolute atomic E-state index is 0.0267. The van der Waals surface area contributed by atoms with Crippen LogP contribution in [0.15, 0.2) is 41.7 Å². The molecule has 3 aromatic heterocycles. The van der Waals surface area contributed by atoms with Crippen molar-refractivity contribution in [1.29, 1.82) is 0 Å². The van der Waals surface area contributed by atoms with Crippen LogP contribution in [-0.2, 0) is 21.7 Å². The molecule has 10 nitrogen and oxygen atoms in total. The largest absolute Gasteiger partial charge is 0.352 e. The summed E-state index contributed by atoms with van der Waals surface area (Å²) in [6.07, 6.45) is 6.27. The van der Waals surface area contributed by atoms with Crippen LogP contribution in [0.25, 0.3) is 22.4 Å². The molecule has 11 heteroatoms. The van der Waals surface area contributed by atoms with E-state index in [9.17, 15) is 13.2 Å². The third-order valence-electron chi connectivity index (χ3n) is 5.53. The van der Waals surface area contributed by atoms with Crippen LogP contribution in [0.1, 0.15) is 18.7 Å². The van der Waals surface area contributed by atoms with Gasteiger partial charge in [0.05, 0.1) is 34.5 Å². The van der Waals surface area contributed by atoms with E-state index in [1.807, 2.05) is 17.7 Å². The number of benzene rings is 1. The molecule has 33 heavy (non-hydrogen) atoms. The number of sulfone groups is 1. The van der Waals surface area contributed by atoms with Crippen LogP contribution in [0.2, 0.25) is 0 Å². The average molecular weight is 466 g/mol. The lowest BCUT2D eigenvalue weighted by atomic mass is 10.1. The van der Waals surface area contributed by atoms with Crippen molar-refractivity contribution >= 4 is 44.1 Å². The fourth-order valence-corrected chi connectivity index (χ4v) is 4.57. The van der Waals surface area contributed by atoms with Crippen molar-refractivity contribution in [1.82, 2.24) is 24.5 Å². The van der Waals surface area contributed by atoms with Gasteiger partial charge in [-0.3, -0.25) is 4.79 Å². The molecule has 0 radical (unpaired) electrons. The van der Waals surface area contributed by atoms with Gasteiger partial charge in [-0.1, -0.05) is 6.07 Å². The van der Waals surface area contributed by atoms with Crippen molar-refractivity contribution in [2.75, 3.05) is 16.9 Å². The van der Waals surface area contributed by atoms with Crippen LogP contribution >= 0.6 is 0 Å². The Bertz CT molecular complexity index is 1500. The van der Waals surface area contributed by atoms with Gasteiger partial charge in [-0.25, -0.2) is 23.4 Å². The summed E-state index contributed by atoms with van der Waals surface area (Å²) in [5.41, 5.74) is 3.51. The number of amides is 1. The Morgan fingerprint density at radius 2 is 1.97 bits per heavy atom. The van der Waals surface area contributed by atoms with Crippen LogP contribution < -0.4 is 10.6 Å². The summed E-state index contributed by atoms with van der Waals surface area (Å²) >= 11 is 0. The fraction of sp³-hybridized carbons (Fsp3) is 0.273. The minimum Gasteiger partial charge on any atom is -0.352 e. The lowest BCUT2D eigenvalue weighted by Gasteiger charge is -2.14. The number of aromatic nitrogens is 5. The summed E-state index contributed by atoms with van der Waals surface area (Å²) in [7, 11) is -1.72. The number of carbonyl (C=O) groups excluding carboxylic acids is 1. The Balaban J connectivity index is 1.58. The van der Waals surface area contributed by atoms with E-state index in [2.05, 4.69) is 30.6 Å². The predicted octanol–water partition coefficient (Wildman–Crippen LogP) is 3.16. The van der Waals surface area contributed by atoms with Crippen molar-refractivity contribution in [2.45, 2.75) is 24.7 Å². The molecule has 0 aliphatic heterocycles. The summed E-state index contributed by atoms with van der Waals surface area (Å²) < 4.78 is 27.1. The molecule has 1 fully saturated rings. The molecule has 3 heterocycles. The topological polar surface area (TPSA) is 135 Å². The van der Waals surface area contributed by atoms with E-state index >= 15 is 0 Å². The number of aromatic amines is 1. The van der Waals surface area contributed by atoms with Gasteiger partial charge in [-0.15, -0.1) is 0 Å². The standard InChI is InChI=1S/C22H23N7O3S/c1-12-24-20-16(9-19(27-21(20)25-12)28-22(30)13-4-5-13)26-15-7-6-14(8-18(15)33(3,31)32)17-10-23-11-29(17)2/h6-11,13H,4-5H2,1-3H3,(H3,24,25,26,27,28,30). The zero-order valence-electron chi connectivity index (χ0n) is 18.4. The van der Waals surface area contributed by atoms with Gasteiger partial charge in [0.1, 0.15) is 17.2 Å². The Labute approximate surface area is 190 Å². The van der Waals surface area contributed by atoms with Gasteiger partial charge < -0.3 is 20.2 Å². The van der Waals surface area contributed by atoms with Gasteiger partial charge in [0.15, 0.2) is 15.5 Å². The monoisotopic (exact) mass is 465 g/mol. The number of hydrogen-bond acceptors (Lipinski definition) is 7. The number of H-pyrrole nitrogens is 1. The van der Waals surface area contributed by atoms with E-state index in [4.69, 9.17) is 0 Å². The van der Waals surface area contributed by atoms with Crippen molar-refractivity contribution in [3.8, 4) is 11.3 Å². The first-order valence-corrected chi connectivity index (χ1v) is 12.3. The molecule has 1 aliphatic rings. The van der Waals surface area contributed by atoms with E-state index in [1.54, 1.807) is 37.6 Å². The fourth-order valence-electron chi connectivity index (χ4n) is 3.71. The van der Waals surface area contributed by atoms with E-state index in [1.165, 1.54) is 6.26 Å². The van der Waals surface area contributed by atoms with E-state index in [0.29, 0.717) is 34.2 Å². The molecule has 0 atom stereocenters. The summed E-state index contributed by atoms with van der Waals surface area (Å²) in [5.74, 6) is 0.985. The minimum atomic E-state index is -3.57. The van der Waals surface area contributed by atoms with Crippen molar-refractivity contribution in [2.24, 2.45) is 13.0 Å². The van der Waals surface area contributed by atoms with Gasteiger partial charge in [0.2, 0.25) is 5.91 Å². The first-order valence-electron chi connectivity index (χ1n) is 10.4. The Morgan fingerprint density at radius 1 is 1.18 bits per heavy atom. The van der Waals surface area contributed by atoms with E-state index < -0.39 is 9.84 Å². The number of carbonyl (C=O) groups is 1. The number of rotatable bonds is 6. The molecule has 0 unspecified atom stereocenters. The number of pyridine rings is 1. The molecule has 1 aromatic carbocycles. The predicted molar refractivity (Wildman–Crippen MR) is 125 cm³/mol. The normalized spacial score (nSPS) is 13.9. The molecule has 3 N–H and O–H groups in total. The van der Waals surface area contributed by atoms with Crippen LogP contribution in [0.4, 0.5) is 17.2 Å². The van der Waals surface area contributed by atoms with Crippen LogP contribution in [0.3, 0.4) is 0 Å². The van der Waals surface area contributed by atoms with E-state index in [0.717, 1.165) is 24.1 Å². The Hall–Kier alpha value is -3.73. The maximum Gasteiger partial charge on any atom is 0.228 e. The van der Waals surface area contributed by atoms with Gasteiger partial charge in [0, 0.05) is 30.9 Å². The molecule has 4 aromatic rings. The zero-order chi connectivity index (χ0) is 23.3. The number of hydrogen-bond donors (Lipinski definition) is 3. The maximum atomic E-state index is 12.7. The third kappa shape index (κ3) is 4.19. The summed E-state index contributed by atoms with van der Waals surface area (Å²) in [6.45, 7) is 1.80. The van der Waals surface area contributed by atoms with Crippen molar-refractivity contribution < 1.29 is 13.2 Å². The quantitative estimate of drug-likeness (QED) is 0.398. The van der Waals surface area contributed by atoms with Crippen LogP contribution in [0.5, 0.6) is 0 Å². The third-order valence-corrected chi connectivity index (χ3v) is 6.67. The first kappa shape index (κ1) is 21.1. The number of fused-ring (bicyclic) bond motifs is 1. The van der Waals surface area contributed by atoms with Gasteiger partial charge in [-0.2, -0.15) is 0 Å². The zero-order valence-corrected chi connectivity index (χ0v) is 19.2. The van der Waals surface area contributed by atoms with Gasteiger partial charge >= 0.3 is 0 Å². The van der Waals surface area contributed by atoms with E-state index in [-0.39, 0.29) is 16.7 Å². The molecule has 1 saturated carbocycles. The summed E-state index contributed by atoms with van der Waals surface area (Å²) in [4.78, 5) is 28.5. The van der Waals surface area contributed by atoms with Crippen molar-refractivity contribution in [3.63, 3.8) is 0 Å². The van der Waals surface area contributed by atoms with Crippen molar-refractivity contribution in [3.05, 3.63) is 42.6 Å². The second kappa shape index (κ2) is 7.69. The van der Waals surface area contributed by atoms with Crippen LogP contribution in [-0.4, -0.2) is 45.1 Å². The number of nitrogens with zero attached hydrogens (tertiary/aromatic N) is 4. The van der Waals surface area contributed by atoms with Crippen LogP contribution in [0, 0.1) is 12.8 Å². The number of aryl methyl sites for hydroxylation is 2. The second-order valence-electron chi connectivity index (χ2n) is 8.34. The molecule has 0 bridgehead atoms. The summed E-state index contributed by atoms with van der Waals surface area (Å²) in [5, 5.41) is 6.05. The average Bonchev–Trinajstić information content (AvgIpc) is 3.41. The van der Waals surface area contributed by atoms with Gasteiger partial charge in [-0.05, 0) is 31.9 Å². The number of nitrogens with one attached hydrogen (secondary N) is 3. The number of anilines is 3. The molecular formula is C22H23N7O3S. The SMILES string of the molecule is Cc1nc2c(Nc3ccc(-c4cncn4C)cc3S(C)(=O)=O)cc(NC(=O)C3CC3)nc2[nH]1. The molecule has 0 spiro atoms. The Morgan fingerprint density at radius 3 is 2.64 bits per heavy atom. The Kier molecular flexibility index (Phi) is 4.93. The molecule has 5 rings (SSSR count). The highest BCUT2D eigenvalue weighted by Gasteiger charge is 2.30. The van der Waals surface area contributed by atoms with Gasteiger partial charge in [0.25, 0.3) is 0 Å². The number of imidazole rings is 2. The molecule has 1 amide bonds. The highest BCUT2D eigenvalue weighted by Crippen LogP contribution is 2.34.